The number of hydrogen-bond donors (Lipinski definition) is 1. The van der Waals surface area contributed by atoms with Gasteiger partial charge in [0.25, 0.3) is 5.91 Å². The third-order valence-corrected chi connectivity index (χ3v) is 6.73. The van der Waals surface area contributed by atoms with Gasteiger partial charge in [-0.05, 0) is 30.2 Å². The minimum atomic E-state index is -0.314. The first-order chi connectivity index (χ1) is 13.6. The molecule has 1 amide bonds. The van der Waals surface area contributed by atoms with E-state index in [1.807, 2.05) is 0 Å². The summed E-state index contributed by atoms with van der Waals surface area (Å²) in [4.78, 5) is 11.9. The van der Waals surface area contributed by atoms with Crippen LogP contribution >= 0.6 is 34.9 Å². The number of hydrazone groups is 1. The van der Waals surface area contributed by atoms with Gasteiger partial charge in [0, 0.05) is 5.75 Å². The molecule has 9 heteroatoms. The third kappa shape index (κ3) is 6.74. The minimum Gasteiger partial charge on any atom is -0.272 e. The molecule has 0 atom stereocenters. The fraction of sp³-hybridized carbons (Fsp3) is 0.158. The van der Waals surface area contributed by atoms with Crippen LogP contribution in [0.25, 0.3) is 0 Å². The molecule has 1 aromatic heterocycles. The fourth-order valence-corrected chi connectivity index (χ4v) is 4.80. The van der Waals surface area contributed by atoms with E-state index in [9.17, 15) is 9.18 Å². The molecule has 1 heterocycles. The summed E-state index contributed by atoms with van der Waals surface area (Å²) in [5, 5.41) is 12.1. The molecule has 5 nitrogen and oxygen atoms in total. The van der Waals surface area contributed by atoms with E-state index in [0.29, 0.717) is 5.56 Å². The van der Waals surface area contributed by atoms with E-state index < -0.39 is 0 Å². The number of carbonyl (C=O) groups excluding carboxylic acids is 1. The van der Waals surface area contributed by atoms with Gasteiger partial charge in [-0.2, -0.15) is 5.10 Å². The molecule has 144 valence electrons. The van der Waals surface area contributed by atoms with Crippen molar-refractivity contribution in [2.75, 3.05) is 5.75 Å². The van der Waals surface area contributed by atoms with E-state index in [4.69, 9.17) is 0 Å². The first-order valence-electron chi connectivity index (χ1n) is 8.30. The molecule has 0 aliphatic carbocycles. The highest BCUT2D eigenvalue weighted by Gasteiger charge is 2.08. The first kappa shape index (κ1) is 20.5. The van der Waals surface area contributed by atoms with E-state index in [0.717, 1.165) is 14.4 Å². The molecule has 0 saturated carbocycles. The highest BCUT2D eigenvalue weighted by atomic mass is 32.2. The van der Waals surface area contributed by atoms with Crippen molar-refractivity contribution in [2.45, 2.75) is 21.4 Å². The Labute approximate surface area is 174 Å². The Morgan fingerprint density at radius 1 is 1.11 bits per heavy atom. The van der Waals surface area contributed by atoms with Crippen molar-refractivity contribution in [3.63, 3.8) is 0 Å². The van der Waals surface area contributed by atoms with Crippen molar-refractivity contribution in [3.8, 4) is 0 Å². The Morgan fingerprint density at radius 2 is 1.79 bits per heavy atom. The van der Waals surface area contributed by atoms with Crippen molar-refractivity contribution in [1.82, 2.24) is 15.6 Å². The average molecular weight is 433 g/mol. The zero-order valence-corrected chi connectivity index (χ0v) is 17.4. The average Bonchev–Trinajstić information content (AvgIpc) is 3.15. The Balaban J connectivity index is 1.40. The van der Waals surface area contributed by atoms with Crippen molar-refractivity contribution in [3.05, 3.63) is 71.0 Å². The van der Waals surface area contributed by atoms with E-state index in [1.54, 1.807) is 23.9 Å². The summed E-state index contributed by atoms with van der Waals surface area (Å²) in [6.45, 7) is 2.06. The maximum atomic E-state index is 12.8. The van der Waals surface area contributed by atoms with Gasteiger partial charge < -0.3 is 0 Å². The number of hydrogen-bond acceptors (Lipinski definition) is 7. The molecule has 0 aliphatic heterocycles. The molecule has 1 N–H and O–H groups in total. The van der Waals surface area contributed by atoms with Gasteiger partial charge in [0.2, 0.25) is 0 Å². The summed E-state index contributed by atoms with van der Waals surface area (Å²) < 4.78 is 14.4. The number of benzene rings is 2. The number of aromatic nitrogens is 2. The molecule has 28 heavy (non-hydrogen) atoms. The van der Waals surface area contributed by atoms with Crippen LogP contribution in [0.5, 0.6) is 0 Å². The first-order valence-corrected chi connectivity index (χ1v) is 11.1. The zero-order valence-electron chi connectivity index (χ0n) is 15.0. The number of nitrogens with one attached hydrogen (secondary N) is 1. The monoisotopic (exact) mass is 432 g/mol. The van der Waals surface area contributed by atoms with Gasteiger partial charge in [-0.1, -0.05) is 76.8 Å². The van der Waals surface area contributed by atoms with Gasteiger partial charge in [-0.3, -0.25) is 4.79 Å². The number of nitrogens with zero attached hydrogens (tertiary/aromatic N) is 3. The Hall–Kier alpha value is -2.23. The predicted molar refractivity (Wildman–Crippen MR) is 114 cm³/mol. The van der Waals surface area contributed by atoms with Crippen LogP contribution in [0.15, 0.2) is 62.3 Å². The van der Waals surface area contributed by atoms with Gasteiger partial charge >= 0.3 is 0 Å². The van der Waals surface area contributed by atoms with Crippen molar-refractivity contribution in [1.29, 1.82) is 0 Å². The maximum absolute atomic E-state index is 12.8. The van der Waals surface area contributed by atoms with Gasteiger partial charge in [-0.25, -0.2) is 9.82 Å². The second-order valence-electron chi connectivity index (χ2n) is 5.74. The largest absolute Gasteiger partial charge is 0.272 e. The molecular formula is C19H17FN4OS3. The van der Waals surface area contributed by atoms with Gasteiger partial charge in [0.15, 0.2) is 8.68 Å². The van der Waals surface area contributed by atoms with Crippen LogP contribution in [0.1, 0.15) is 16.7 Å². The lowest BCUT2D eigenvalue weighted by molar-refractivity contribution is -0.118. The molecule has 3 rings (SSSR count). The molecule has 3 aromatic rings. The van der Waals surface area contributed by atoms with Gasteiger partial charge in [-0.15, -0.1) is 10.2 Å². The number of amides is 1. The van der Waals surface area contributed by atoms with Gasteiger partial charge in [0.05, 0.1) is 12.0 Å². The highest BCUT2D eigenvalue weighted by Crippen LogP contribution is 2.30. The highest BCUT2D eigenvalue weighted by molar-refractivity contribution is 8.03. The van der Waals surface area contributed by atoms with Crippen LogP contribution in [0.4, 0.5) is 4.39 Å². The lowest BCUT2D eigenvalue weighted by Crippen LogP contribution is -2.19. The number of carbonyl (C=O) groups is 1. The minimum absolute atomic E-state index is 0.192. The van der Waals surface area contributed by atoms with Crippen molar-refractivity contribution >= 4 is 47.0 Å². The quantitative estimate of drug-likeness (QED) is 0.322. The summed E-state index contributed by atoms with van der Waals surface area (Å²) >= 11 is 4.41. The van der Waals surface area contributed by atoms with E-state index in [2.05, 4.69) is 51.9 Å². The van der Waals surface area contributed by atoms with Crippen LogP contribution in [-0.2, 0) is 10.5 Å². The van der Waals surface area contributed by atoms with Crippen molar-refractivity contribution < 1.29 is 9.18 Å². The van der Waals surface area contributed by atoms with E-state index in [1.165, 1.54) is 52.6 Å². The summed E-state index contributed by atoms with van der Waals surface area (Å²) in [5.41, 5.74) is 5.62. The van der Waals surface area contributed by atoms with Crippen LogP contribution < -0.4 is 5.43 Å². The summed E-state index contributed by atoms with van der Waals surface area (Å²) in [7, 11) is 0. The molecule has 0 spiro atoms. The number of rotatable bonds is 8. The molecule has 0 unspecified atom stereocenters. The van der Waals surface area contributed by atoms with Crippen molar-refractivity contribution in [2.24, 2.45) is 5.10 Å². The predicted octanol–water partition coefficient (Wildman–Crippen LogP) is 4.52. The molecular weight excluding hydrogens is 415 g/mol. The van der Waals surface area contributed by atoms with E-state index in [-0.39, 0.29) is 17.5 Å². The number of halogens is 1. The molecule has 0 radical (unpaired) electrons. The molecule has 0 aliphatic rings. The van der Waals surface area contributed by atoms with Crippen LogP contribution in [0.3, 0.4) is 0 Å². The van der Waals surface area contributed by atoms with Crippen LogP contribution in [-0.4, -0.2) is 28.1 Å². The fourth-order valence-electron chi connectivity index (χ4n) is 2.03. The molecule has 0 saturated heterocycles. The summed E-state index contributed by atoms with van der Waals surface area (Å²) in [6, 6.07) is 14.2. The Kier molecular flexibility index (Phi) is 7.58. The van der Waals surface area contributed by atoms with Gasteiger partial charge in [0.1, 0.15) is 5.82 Å². The molecule has 0 fully saturated rings. The Morgan fingerprint density at radius 3 is 2.50 bits per heavy atom. The lowest BCUT2D eigenvalue weighted by Gasteiger charge is -1.99. The summed E-state index contributed by atoms with van der Waals surface area (Å²) in [6.07, 6.45) is 1.47. The number of thioether (sulfide) groups is 2. The summed E-state index contributed by atoms with van der Waals surface area (Å²) in [5.74, 6) is 0.467. The normalized spacial score (nSPS) is 11.1. The molecule has 0 bridgehead atoms. The number of aryl methyl sites for hydroxylation is 1. The SMILES string of the molecule is Cc1ccc(CSc2nnc(SCC(=O)NN=Cc3ccc(F)cc3)s2)cc1. The zero-order chi connectivity index (χ0) is 19.8. The van der Waals surface area contributed by atoms with Crippen LogP contribution in [0, 0.1) is 12.7 Å². The van der Waals surface area contributed by atoms with Crippen LogP contribution in [0.2, 0.25) is 0 Å². The molecule has 2 aromatic carbocycles. The lowest BCUT2D eigenvalue weighted by atomic mass is 10.2. The third-order valence-electron chi connectivity index (χ3n) is 3.47. The smallest absolute Gasteiger partial charge is 0.250 e. The topological polar surface area (TPSA) is 67.2 Å². The standard InChI is InChI=1S/C19H17FN4OS3/c1-13-2-4-15(5-3-13)11-26-18-23-24-19(28-18)27-12-17(25)22-21-10-14-6-8-16(20)9-7-14/h2-10H,11-12H2,1H3,(H,22,25). The second kappa shape index (κ2) is 10.4. The Bertz CT molecular complexity index is 943. The maximum Gasteiger partial charge on any atom is 0.250 e. The van der Waals surface area contributed by atoms with E-state index >= 15 is 0 Å². The second-order valence-corrected chi connectivity index (χ2v) is 9.16.